The zero-order chi connectivity index (χ0) is 17.6. The van der Waals surface area contributed by atoms with Crippen LogP contribution in [0, 0.1) is 0 Å². The van der Waals surface area contributed by atoms with Crippen LogP contribution in [0.25, 0.3) is 0 Å². The van der Waals surface area contributed by atoms with Crippen LogP contribution in [-0.2, 0) is 0 Å². The van der Waals surface area contributed by atoms with Gasteiger partial charge in [-0.2, -0.15) is 0 Å². The highest BCUT2D eigenvalue weighted by atomic mass is 16.5. The van der Waals surface area contributed by atoms with E-state index in [0.29, 0.717) is 12.2 Å². The van der Waals surface area contributed by atoms with Gasteiger partial charge in [0.25, 0.3) is 5.91 Å². The maximum Gasteiger partial charge on any atom is 0.255 e. The molecule has 0 bridgehead atoms. The number of carbonyl (C=O) groups excluding carboxylic acids is 1. The van der Waals surface area contributed by atoms with Gasteiger partial charge in [-0.05, 0) is 56.5 Å². The van der Waals surface area contributed by atoms with Gasteiger partial charge in [0.1, 0.15) is 11.6 Å². The van der Waals surface area contributed by atoms with Crippen molar-refractivity contribution in [2.75, 3.05) is 24.6 Å². The van der Waals surface area contributed by atoms with Gasteiger partial charge in [0.15, 0.2) is 0 Å². The Balaban J connectivity index is 1.71. The molecule has 1 aromatic heterocycles. The highest BCUT2D eigenvalue weighted by molar-refractivity contribution is 5.99. The Bertz CT molecular complexity index is 709. The number of hydrogen-bond donors (Lipinski definition) is 1. The van der Waals surface area contributed by atoms with E-state index in [9.17, 15) is 4.79 Å². The van der Waals surface area contributed by atoms with Crippen LogP contribution in [0.5, 0.6) is 5.75 Å². The first-order valence-corrected chi connectivity index (χ1v) is 8.92. The standard InChI is InChI=1S/C20H25N3O2/c1-3-25-17-10-8-16(9-11-17)15(2)22-20(24)18-7-6-12-21-19(18)23-13-4-5-14-23/h6-12,15H,3-5,13-14H2,1-2H3,(H,22,24). The fraction of sp³-hybridized carbons (Fsp3) is 0.400. The largest absolute Gasteiger partial charge is 0.494 e. The third kappa shape index (κ3) is 4.10. The number of ether oxygens (including phenoxy) is 1. The fourth-order valence-electron chi connectivity index (χ4n) is 3.13. The summed E-state index contributed by atoms with van der Waals surface area (Å²) < 4.78 is 5.46. The van der Waals surface area contributed by atoms with Crippen LogP contribution in [0.4, 0.5) is 5.82 Å². The molecule has 1 aliphatic heterocycles. The molecule has 2 heterocycles. The lowest BCUT2D eigenvalue weighted by molar-refractivity contribution is 0.0940. The molecule has 25 heavy (non-hydrogen) atoms. The predicted molar refractivity (Wildman–Crippen MR) is 99.2 cm³/mol. The molecule has 5 nitrogen and oxygen atoms in total. The maximum atomic E-state index is 12.8. The molecule has 0 radical (unpaired) electrons. The molecular formula is C20H25N3O2. The van der Waals surface area contributed by atoms with Gasteiger partial charge in [-0.15, -0.1) is 0 Å². The molecule has 0 aliphatic carbocycles. The summed E-state index contributed by atoms with van der Waals surface area (Å²) in [6.45, 7) is 6.52. The van der Waals surface area contributed by atoms with Crippen molar-refractivity contribution >= 4 is 11.7 Å². The highest BCUT2D eigenvalue weighted by Crippen LogP contribution is 2.23. The molecule has 1 N–H and O–H groups in total. The molecule has 0 saturated carbocycles. The Labute approximate surface area is 149 Å². The van der Waals surface area contributed by atoms with Crippen molar-refractivity contribution in [1.82, 2.24) is 10.3 Å². The van der Waals surface area contributed by atoms with Gasteiger partial charge in [-0.25, -0.2) is 4.98 Å². The van der Waals surface area contributed by atoms with Crippen molar-refractivity contribution in [2.45, 2.75) is 32.7 Å². The number of aromatic nitrogens is 1. The molecule has 2 aromatic rings. The molecule has 0 spiro atoms. The van der Waals surface area contributed by atoms with E-state index in [0.717, 1.165) is 43.1 Å². The minimum atomic E-state index is -0.0881. The molecule has 1 atom stereocenters. The first-order valence-electron chi connectivity index (χ1n) is 8.92. The Kier molecular flexibility index (Phi) is 5.53. The van der Waals surface area contributed by atoms with E-state index in [1.807, 2.05) is 50.2 Å². The smallest absolute Gasteiger partial charge is 0.255 e. The van der Waals surface area contributed by atoms with Crippen LogP contribution >= 0.6 is 0 Å². The lowest BCUT2D eigenvalue weighted by Crippen LogP contribution is -2.30. The normalized spacial score (nSPS) is 15.0. The van der Waals surface area contributed by atoms with Crippen LogP contribution in [0.15, 0.2) is 42.6 Å². The molecule has 1 aromatic carbocycles. The van der Waals surface area contributed by atoms with Gasteiger partial charge in [0, 0.05) is 19.3 Å². The number of nitrogens with one attached hydrogen (secondary N) is 1. The summed E-state index contributed by atoms with van der Waals surface area (Å²) in [5.41, 5.74) is 1.69. The second kappa shape index (κ2) is 8.01. The third-order valence-corrected chi connectivity index (χ3v) is 4.48. The van der Waals surface area contributed by atoms with Crippen molar-refractivity contribution in [1.29, 1.82) is 0 Å². The SMILES string of the molecule is CCOc1ccc(C(C)NC(=O)c2cccnc2N2CCCC2)cc1. The lowest BCUT2D eigenvalue weighted by atomic mass is 10.1. The van der Waals surface area contributed by atoms with E-state index in [-0.39, 0.29) is 11.9 Å². The number of anilines is 1. The molecule has 1 amide bonds. The Morgan fingerprint density at radius 1 is 1.24 bits per heavy atom. The first-order chi connectivity index (χ1) is 12.2. The number of hydrogen-bond acceptors (Lipinski definition) is 4. The summed E-state index contributed by atoms with van der Waals surface area (Å²) >= 11 is 0. The second-order valence-corrected chi connectivity index (χ2v) is 6.27. The van der Waals surface area contributed by atoms with Crippen molar-refractivity contribution < 1.29 is 9.53 Å². The van der Waals surface area contributed by atoms with Gasteiger partial charge in [0.2, 0.25) is 0 Å². The molecule has 1 unspecified atom stereocenters. The summed E-state index contributed by atoms with van der Waals surface area (Å²) in [7, 11) is 0. The van der Waals surface area contributed by atoms with Crippen LogP contribution in [0.3, 0.4) is 0 Å². The summed E-state index contributed by atoms with van der Waals surface area (Å²) in [6.07, 6.45) is 4.06. The monoisotopic (exact) mass is 339 g/mol. The molecule has 3 rings (SSSR count). The number of amides is 1. The fourth-order valence-corrected chi connectivity index (χ4v) is 3.13. The minimum Gasteiger partial charge on any atom is -0.494 e. The molecule has 1 fully saturated rings. The zero-order valence-electron chi connectivity index (χ0n) is 14.9. The number of benzene rings is 1. The maximum absolute atomic E-state index is 12.8. The molecule has 1 saturated heterocycles. The average molecular weight is 339 g/mol. The van der Waals surface area contributed by atoms with Crippen molar-refractivity contribution in [3.8, 4) is 5.75 Å². The van der Waals surface area contributed by atoms with E-state index in [2.05, 4.69) is 15.2 Å². The van der Waals surface area contributed by atoms with Crippen LogP contribution in [-0.4, -0.2) is 30.6 Å². The molecule has 5 heteroatoms. The third-order valence-electron chi connectivity index (χ3n) is 4.48. The van der Waals surface area contributed by atoms with Gasteiger partial charge >= 0.3 is 0 Å². The van der Waals surface area contributed by atoms with Crippen molar-refractivity contribution in [3.05, 3.63) is 53.7 Å². The molecule has 132 valence electrons. The predicted octanol–water partition coefficient (Wildman–Crippen LogP) is 3.57. The van der Waals surface area contributed by atoms with E-state index in [1.165, 1.54) is 0 Å². The first kappa shape index (κ1) is 17.3. The number of pyridine rings is 1. The Hall–Kier alpha value is -2.56. The number of carbonyl (C=O) groups is 1. The minimum absolute atomic E-state index is 0.0867. The van der Waals surface area contributed by atoms with Gasteiger partial charge in [-0.3, -0.25) is 4.79 Å². The van der Waals surface area contributed by atoms with E-state index < -0.39 is 0 Å². The molecule has 1 aliphatic rings. The van der Waals surface area contributed by atoms with Crippen LogP contribution in [0.1, 0.15) is 48.7 Å². The van der Waals surface area contributed by atoms with E-state index >= 15 is 0 Å². The van der Waals surface area contributed by atoms with Gasteiger partial charge in [0.05, 0.1) is 18.2 Å². The van der Waals surface area contributed by atoms with Crippen molar-refractivity contribution in [3.63, 3.8) is 0 Å². The lowest BCUT2D eigenvalue weighted by Gasteiger charge is -2.21. The van der Waals surface area contributed by atoms with E-state index in [4.69, 9.17) is 4.74 Å². The van der Waals surface area contributed by atoms with Crippen LogP contribution in [0.2, 0.25) is 0 Å². The van der Waals surface area contributed by atoms with Gasteiger partial charge in [-0.1, -0.05) is 12.1 Å². The summed E-state index contributed by atoms with van der Waals surface area (Å²) in [6, 6.07) is 11.4. The highest BCUT2D eigenvalue weighted by Gasteiger charge is 2.21. The second-order valence-electron chi connectivity index (χ2n) is 6.27. The average Bonchev–Trinajstić information content (AvgIpc) is 3.17. The van der Waals surface area contributed by atoms with E-state index in [1.54, 1.807) is 6.20 Å². The van der Waals surface area contributed by atoms with Crippen molar-refractivity contribution in [2.24, 2.45) is 0 Å². The van der Waals surface area contributed by atoms with Gasteiger partial charge < -0.3 is 15.0 Å². The summed E-state index contributed by atoms with van der Waals surface area (Å²) in [5, 5.41) is 3.08. The molecular weight excluding hydrogens is 314 g/mol. The number of nitrogens with zero attached hydrogens (tertiary/aromatic N) is 2. The number of rotatable bonds is 6. The zero-order valence-corrected chi connectivity index (χ0v) is 14.9. The topological polar surface area (TPSA) is 54.5 Å². The summed E-state index contributed by atoms with van der Waals surface area (Å²) in [4.78, 5) is 19.4. The quantitative estimate of drug-likeness (QED) is 0.874. The Morgan fingerprint density at radius 3 is 2.64 bits per heavy atom. The van der Waals surface area contributed by atoms with Crippen LogP contribution < -0.4 is 15.0 Å². The summed E-state index contributed by atoms with van der Waals surface area (Å²) in [5.74, 6) is 1.54. The Morgan fingerprint density at radius 2 is 1.96 bits per heavy atom.